The predicted molar refractivity (Wildman–Crippen MR) is 59.8 cm³/mol. The molecule has 5 atom stereocenters. The van der Waals surface area contributed by atoms with Crippen LogP contribution < -0.4 is 10.3 Å². The van der Waals surface area contributed by atoms with E-state index in [9.17, 15) is 29.3 Å². The van der Waals surface area contributed by atoms with Crippen molar-refractivity contribution in [3.8, 4) is 6.01 Å². The molecule has 0 amide bonds. The summed E-state index contributed by atoms with van der Waals surface area (Å²) in [6.45, 7) is 0. The summed E-state index contributed by atoms with van der Waals surface area (Å²) < 4.78 is 22.4. The second kappa shape index (κ2) is 5.73. The molecular weight excluding hydrogens is 295 g/mol. The number of carbonyl (C=O) groups is 1. The molecule has 10 nitrogen and oxygen atoms in total. The van der Waals surface area contributed by atoms with Gasteiger partial charge >= 0.3 is 5.97 Å². The van der Waals surface area contributed by atoms with Crippen LogP contribution in [0.15, 0.2) is 11.0 Å². The van der Waals surface area contributed by atoms with Gasteiger partial charge in [0.25, 0.3) is 11.6 Å². The Labute approximate surface area is 115 Å². The predicted octanol–water partition coefficient (Wildman–Crippen LogP) is -2.82. The van der Waals surface area contributed by atoms with Gasteiger partial charge in [0.15, 0.2) is 6.10 Å². The molecule has 1 fully saturated rings. The van der Waals surface area contributed by atoms with Gasteiger partial charge in [-0.2, -0.15) is 4.39 Å². The molecule has 11 heteroatoms. The van der Waals surface area contributed by atoms with Crippen LogP contribution in [0.25, 0.3) is 0 Å². The molecule has 0 radical (unpaired) electrons. The maximum absolute atomic E-state index is 12.7. The highest BCUT2D eigenvalue weighted by atomic mass is 19.1. The van der Waals surface area contributed by atoms with Crippen molar-refractivity contribution in [2.45, 2.75) is 30.7 Å². The average molecular weight is 306 g/mol. The molecule has 21 heavy (non-hydrogen) atoms. The summed E-state index contributed by atoms with van der Waals surface area (Å²) in [5.41, 5.74) is -1.15. The Morgan fingerprint density at radius 2 is 2.00 bits per heavy atom. The quantitative estimate of drug-likeness (QED) is 0.396. The van der Waals surface area contributed by atoms with Crippen LogP contribution in [0.4, 0.5) is 4.39 Å². The first-order valence-corrected chi connectivity index (χ1v) is 5.65. The molecule has 1 saturated heterocycles. The van der Waals surface area contributed by atoms with Crippen molar-refractivity contribution in [1.29, 1.82) is 0 Å². The first kappa shape index (κ1) is 15.3. The summed E-state index contributed by atoms with van der Waals surface area (Å²) in [5, 5.41) is 37.5. The van der Waals surface area contributed by atoms with Gasteiger partial charge in [0, 0.05) is 0 Å². The zero-order valence-electron chi connectivity index (χ0n) is 10.2. The van der Waals surface area contributed by atoms with Crippen LogP contribution in [-0.2, 0) is 9.53 Å². The van der Waals surface area contributed by atoms with Gasteiger partial charge in [-0.25, -0.2) is 9.78 Å². The number of nitrogens with one attached hydrogen (secondary N) is 1. The molecule has 0 spiro atoms. The number of carboxylic acid groups (broad SMARTS) is 1. The minimum Gasteiger partial charge on any atom is -0.479 e. The number of aromatic amines is 1. The Bertz CT molecular complexity index is 593. The SMILES string of the molecule is O=C(O)C1OC(Oc2ncc(F)c(=O)[nH]2)C(O)C(O)C1O. The minimum atomic E-state index is -1.88. The molecule has 1 aliphatic heterocycles. The number of aliphatic hydroxyl groups is 3. The Morgan fingerprint density at radius 1 is 1.33 bits per heavy atom. The van der Waals surface area contributed by atoms with Crippen molar-refractivity contribution in [2.24, 2.45) is 0 Å². The van der Waals surface area contributed by atoms with Crippen molar-refractivity contribution in [3.05, 3.63) is 22.4 Å². The highest BCUT2D eigenvalue weighted by Crippen LogP contribution is 2.22. The first-order chi connectivity index (χ1) is 9.81. The van der Waals surface area contributed by atoms with Gasteiger partial charge in [0.2, 0.25) is 12.1 Å². The van der Waals surface area contributed by atoms with E-state index >= 15 is 0 Å². The van der Waals surface area contributed by atoms with Gasteiger partial charge < -0.3 is 29.9 Å². The van der Waals surface area contributed by atoms with Gasteiger partial charge in [-0.05, 0) is 0 Å². The molecule has 5 unspecified atom stereocenters. The van der Waals surface area contributed by atoms with Crippen molar-refractivity contribution in [3.63, 3.8) is 0 Å². The van der Waals surface area contributed by atoms with Crippen LogP contribution in [-0.4, -0.2) is 67.1 Å². The smallest absolute Gasteiger partial charge is 0.335 e. The van der Waals surface area contributed by atoms with E-state index < -0.39 is 54.1 Å². The van der Waals surface area contributed by atoms with E-state index in [2.05, 4.69) is 4.98 Å². The summed E-state index contributed by atoms with van der Waals surface area (Å²) >= 11 is 0. The van der Waals surface area contributed by atoms with Crippen LogP contribution in [0.3, 0.4) is 0 Å². The number of carboxylic acids is 1. The zero-order valence-corrected chi connectivity index (χ0v) is 10.2. The van der Waals surface area contributed by atoms with E-state index in [1.807, 2.05) is 4.98 Å². The van der Waals surface area contributed by atoms with E-state index in [4.69, 9.17) is 14.6 Å². The second-order valence-electron chi connectivity index (χ2n) is 4.22. The van der Waals surface area contributed by atoms with E-state index in [0.29, 0.717) is 6.20 Å². The third-order valence-corrected chi connectivity index (χ3v) is 2.77. The van der Waals surface area contributed by atoms with Crippen molar-refractivity contribution >= 4 is 5.97 Å². The molecule has 0 aromatic carbocycles. The molecule has 1 aromatic rings. The maximum Gasteiger partial charge on any atom is 0.335 e. The van der Waals surface area contributed by atoms with E-state index in [-0.39, 0.29) is 0 Å². The molecule has 0 saturated carbocycles. The molecule has 0 aliphatic carbocycles. The number of hydrogen-bond donors (Lipinski definition) is 5. The third-order valence-electron chi connectivity index (χ3n) is 2.77. The Morgan fingerprint density at radius 3 is 2.57 bits per heavy atom. The van der Waals surface area contributed by atoms with Gasteiger partial charge in [-0.1, -0.05) is 0 Å². The Balaban J connectivity index is 2.19. The highest BCUT2D eigenvalue weighted by molar-refractivity contribution is 5.73. The summed E-state index contributed by atoms with van der Waals surface area (Å²) in [4.78, 5) is 27.1. The first-order valence-electron chi connectivity index (χ1n) is 5.65. The summed E-state index contributed by atoms with van der Waals surface area (Å²) in [6.07, 6.45) is -8.61. The number of rotatable bonds is 3. The molecule has 2 heterocycles. The van der Waals surface area contributed by atoms with Crippen molar-refractivity contribution in [1.82, 2.24) is 9.97 Å². The highest BCUT2D eigenvalue weighted by Gasteiger charge is 2.48. The van der Waals surface area contributed by atoms with Gasteiger partial charge in [0.05, 0.1) is 6.20 Å². The average Bonchev–Trinajstić information content (AvgIpc) is 2.43. The zero-order chi connectivity index (χ0) is 15.7. The number of halogens is 1. The van der Waals surface area contributed by atoms with E-state index in [1.54, 1.807) is 0 Å². The lowest BCUT2D eigenvalue weighted by Gasteiger charge is -2.37. The second-order valence-corrected chi connectivity index (χ2v) is 4.22. The standard InChI is InChI=1S/C10H11FN2O8/c11-2-1-12-10(13-7(2)17)21-9-5(16)3(14)4(15)6(20-9)8(18)19/h1,3-6,9,14-16H,(H,18,19)(H,12,13,17). The number of H-pyrrole nitrogens is 1. The third kappa shape index (κ3) is 3.00. The fourth-order valence-electron chi connectivity index (χ4n) is 1.68. The maximum atomic E-state index is 12.7. The van der Waals surface area contributed by atoms with Crippen LogP contribution >= 0.6 is 0 Å². The number of ether oxygens (including phenoxy) is 2. The van der Waals surface area contributed by atoms with E-state index in [0.717, 1.165) is 0 Å². The van der Waals surface area contributed by atoms with Crippen LogP contribution in [0, 0.1) is 5.82 Å². The molecule has 116 valence electrons. The van der Waals surface area contributed by atoms with Crippen LogP contribution in [0.5, 0.6) is 6.01 Å². The van der Waals surface area contributed by atoms with Crippen LogP contribution in [0.1, 0.15) is 0 Å². The minimum absolute atomic E-state index is 0.545. The number of nitrogens with zero attached hydrogens (tertiary/aromatic N) is 1. The lowest BCUT2D eigenvalue weighted by atomic mass is 9.99. The van der Waals surface area contributed by atoms with Crippen LogP contribution in [0.2, 0.25) is 0 Å². The summed E-state index contributed by atoms with van der Waals surface area (Å²) in [5.74, 6) is -2.77. The van der Waals surface area contributed by atoms with Crippen molar-refractivity contribution in [2.75, 3.05) is 0 Å². The lowest BCUT2D eigenvalue weighted by molar-refractivity contribution is -0.272. The number of aliphatic carboxylic acids is 1. The van der Waals surface area contributed by atoms with Crippen molar-refractivity contribution < 1.29 is 39.1 Å². The molecule has 2 rings (SSSR count). The Hall–Kier alpha value is -2.08. The topological polar surface area (TPSA) is 162 Å². The monoisotopic (exact) mass is 306 g/mol. The van der Waals surface area contributed by atoms with Gasteiger partial charge in [-0.3, -0.25) is 9.78 Å². The van der Waals surface area contributed by atoms with E-state index in [1.165, 1.54) is 0 Å². The molecule has 0 bridgehead atoms. The fourth-order valence-corrected chi connectivity index (χ4v) is 1.68. The summed E-state index contributed by atoms with van der Waals surface area (Å²) in [7, 11) is 0. The summed E-state index contributed by atoms with van der Waals surface area (Å²) in [6, 6.07) is -0.557. The molecule has 1 aliphatic rings. The molecule has 1 aromatic heterocycles. The Kier molecular flexibility index (Phi) is 4.18. The van der Waals surface area contributed by atoms with Gasteiger partial charge in [-0.15, -0.1) is 0 Å². The molecule has 5 N–H and O–H groups in total. The van der Waals surface area contributed by atoms with Gasteiger partial charge in [0.1, 0.15) is 18.3 Å². The molecular formula is C10H11FN2O8. The largest absolute Gasteiger partial charge is 0.479 e. The fraction of sp³-hybridized carbons (Fsp3) is 0.500. The number of aromatic nitrogens is 2. The number of hydrogen-bond acceptors (Lipinski definition) is 8. The lowest BCUT2D eigenvalue weighted by Crippen LogP contribution is -2.61. The number of aliphatic hydroxyl groups excluding tert-OH is 3. The normalized spacial score (nSPS) is 32.7.